The summed E-state index contributed by atoms with van der Waals surface area (Å²) in [6.07, 6.45) is 2.94. The molecule has 0 spiro atoms. The van der Waals surface area contributed by atoms with Crippen LogP contribution in [0.4, 0.5) is 0 Å². The van der Waals surface area contributed by atoms with Gasteiger partial charge in [-0.25, -0.2) is 0 Å². The highest BCUT2D eigenvalue weighted by molar-refractivity contribution is 6.74. The van der Waals surface area contributed by atoms with Crippen molar-refractivity contribution in [3.05, 3.63) is 35.4 Å². The topological polar surface area (TPSA) is 26.3 Å². The molecule has 0 N–H and O–H groups in total. The third-order valence-corrected chi connectivity index (χ3v) is 9.21. The van der Waals surface area contributed by atoms with Crippen molar-refractivity contribution in [2.45, 2.75) is 71.7 Å². The predicted molar refractivity (Wildman–Crippen MR) is 96.7 cm³/mol. The smallest absolute Gasteiger partial charge is 0.192 e. The number of carbonyl (C=O) groups excluding carboxylic acids is 1. The summed E-state index contributed by atoms with van der Waals surface area (Å²) in [4.78, 5) is 10.9. The second kappa shape index (κ2) is 7.56. The monoisotopic (exact) mass is 320 g/mol. The van der Waals surface area contributed by atoms with E-state index < -0.39 is 8.32 Å². The van der Waals surface area contributed by atoms with E-state index in [4.69, 9.17) is 4.43 Å². The van der Waals surface area contributed by atoms with Crippen molar-refractivity contribution in [1.29, 1.82) is 0 Å². The normalized spacial score (nSPS) is 15.4. The molecule has 0 unspecified atom stereocenters. The average Bonchev–Trinajstić information content (AvgIpc) is 2.43. The summed E-state index contributed by atoms with van der Waals surface area (Å²) in [5, 5.41) is 0.212. The van der Waals surface area contributed by atoms with Crippen LogP contribution in [-0.4, -0.2) is 14.6 Å². The molecule has 22 heavy (non-hydrogen) atoms. The Labute approximate surface area is 137 Å². The third kappa shape index (κ3) is 5.06. The van der Waals surface area contributed by atoms with E-state index in [-0.39, 0.29) is 17.1 Å². The van der Waals surface area contributed by atoms with Crippen molar-refractivity contribution >= 4 is 14.6 Å². The highest BCUT2D eigenvalue weighted by Crippen LogP contribution is 2.40. The molecule has 0 heterocycles. The number of carbonyl (C=O) groups is 1. The summed E-state index contributed by atoms with van der Waals surface area (Å²) in [6, 6.07) is 8.54. The van der Waals surface area contributed by atoms with Gasteiger partial charge in [0.15, 0.2) is 8.32 Å². The van der Waals surface area contributed by atoms with E-state index in [1.165, 1.54) is 11.1 Å². The van der Waals surface area contributed by atoms with E-state index >= 15 is 0 Å². The fourth-order valence-corrected chi connectivity index (χ4v) is 3.63. The van der Waals surface area contributed by atoms with Gasteiger partial charge in [-0.2, -0.15) is 0 Å². The van der Waals surface area contributed by atoms with Gasteiger partial charge in [0, 0.05) is 5.92 Å². The van der Waals surface area contributed by atoms with Crippen LogP contribution in [0.2, 0.25) is 18.1 Å². The van der Waals surface area contributed by atoms with Crippen molar-refractivity contribution in [3.63, 3.8) is 0 Å². The Morgan fingerprint density at radius 3 is 2.41 bits per heavy atom. The molecule has 0 aliphatic heterocycles. The minimum Gasteiger partial charge on any atom is -0.410 e. The van der Waals surface area contributed by atoms with Gasteiger partial charge < -0.3 is 9.22 Å². The van der Waals surface area contributed by atoms with E-state index in [0.717, 1.165) is 19.1 Å². The van der Waals surface area contributed by atoms with Crippen molar-refractivity contribution < 1.29 is 9.22 Å². The summed E-state index contributed by atoms with van der Waals surface area (Å²) in [6.45, 7) is 15.6. The van der Waals surface area contributed by atoms with Crippen LogP contribution in [0.15, 0.2) is 24.3 Å². The van der Waals surface area contributed by atoms with Crippen LogP contribution < -0.4 is 0 Å². The molecule has 2 atom stereocenters. The highest BCUT2D eigenvalue weighted by atomic mass is 28.4. The molecule has 3 heteroatoms. The molecule has 124 valence electrons. The predicted octanol–water partition coefficient (Wildman–Crippen LogP) is 5.54. The SMILES string of the molecule is CC[C@H](O[Si](C)(C)C(C)(C)C)c1cccc(C[C@H](C)C=O)c1. The Bertz CT molecular complexity index is 488. The zero-order valence-electron chi connectivity index (χ0n) is 15.3. The van der Waals surface area contributed by atoms with Crippen LogP contribution in [-0.2, 0) is 15.6 Å². The summed E-state index contributed by atoms with van der Waals surface area (Å²) < 4.78 is 6.59. The minimum atomic E-state index is -1.78. The number of hydrogen-bond acceptors (Lipinski definition) is 2. The second-order valence-electron chi connectivity index (χ2n) is 7.84. The van der Waals surface area contributed by atoms with Gasteiger partial charge in [0.25, 0.3) is 0 Å². The van der Waals surface area contributed by atoms with Crippen molar-refractivity contribution in [3.8, 4) is 0 Å². The molecular formula is C19H32O2Si. The molecule has 0 saturated heterocycles. The lowest BCUT2D eigenvalue weighted by molar-refractivity contribution is -0.110. The van der Waals surface area contributed by atoms with Gasteiger partial charge >= 0.3 is 0 Å². The number of rotatable bonds is 7. The first kappa shape index (κ1) is 19.1. The molecule has 0 fully saturated rings. The molecule has 0 aromatic heterocycles. The van der Waals surface area contributed by atoms with Crippen LogP contribution in [0.3, 0.4) is 0 Å². The summed E-state index contributed by atoms with van der Waals surface area (Å²) in [5.74, 6) is 0.0663. The Morgan fingerprint density at radius 1 is 1.27 bits per heavy atom. The summed E-state index contributed by atoms with van der Waals surface area (Å²) in [5.41, 5.74) is 2.46. The van der Waals surface area contributed by atoms with Crippen molar-refractivity contribution in [1.82, 2.24) is 0 Å². The standard InChI is InChI=1S/C19H32O2Si/c1-8-18(21-22(6,7)19(3,4)5)17-11-9-10-16(13-17)12-15(2)14-20/h9-11,13-15,18H,8,12H2,1-7H3/t15-,18-/m0/s1. The maximum absolute atomic E-state index is 10.9. The first-order chi connectivity index (χ1) is 10.1. The van der Waals surface area contributed by atoms with Crippen LogP contribution in [0.25, 0.3) is 0 Å². The van der Waals surface area contributed by atoms with Gasteiger partial charge in [-0.3, -0.25) is 0 Å². The van der Waals surface area contributed by atoms with E-state index in [2.05, 4.69) is 65.1 Å². The van der Waals surface area contributed by atoms with E-state index in [9.17, 15) is 4.79 Å². The van der Waals surface area contributed by atoms with Gasteiger partial charge in [-0.1, -0.05) is 58.9 Å². The van der Waals surface area contributed by atoms with Crippen LogP contribution in [0, 0.1) is 5.92 Å². The lowest BCUT2D eigenvalue weighted by atomic mass is 9.98. The molecule has 1 aromatic rings. The number of hydrogen-bond donors (Lipinski definition) is 0. The maximum atomic E-state index is 10.9. The molecule has 0 aliphatic rings. The molecule has 0 aliphatic carbocycles. The lowest BCUT2D eigenvalue weighted by Crippen LogP contribution is -2.41. The quantitative estimate of drug-likeness (QED) is 0.487. The summed E-state index contributed by atoms with van der Waals surface area (Å²) >= 11 is 0. The van der Waals surface area contributed by atoms with E-state index in [0.29, 0.717) is 0 Å². The maximum Gasteiger partial charge on any atom is 0.192 e. The average molecular weight is 321 g/mol. The number of benzene rings is 1. The van der Waals surface area contributed by atoms with Gasteiger partial charge in [-0.05, 0) is 42.1 Å². The molecule has 0 saturated carbocycles. The fraction of sp³-hybridized carbons (Fsp3) is 0.632. The minimum absolute atomic E-state index is 0.0663. The van der Waals surface area contributed by atoms with Gasteiger partial charge in [-0.15, -0.1) is 0 Å². The van der Waals surface area contributed by atoms with Crippen molar-refractivity contribution in [2.24, 2.45) is 5.92 Å². The van der Waals surface area contributed by atoms with Crippen molar-refractivity contribution in [2.75, 3.05) is 0 Å². The Kier molecular flexibility index (Phi) is 6.57. The van der Waals surface area contributed by atoms with Crippen LogP contribution >= 0.6 is 0 Å². The molecule has 0 amide bonds. The highest BCUT2D eigenvalue weighted by Gasteiger charge is 2.39. The van der Waals surface area contributed by atoms with E-state index in [1.807, 2.05) is 6.92 Å². The van der Waals surface area contributed by atoms with Crippen LogP contribution in [0.5, 0.6) is 0 Å². The van der Waals surface area contributed by atoms with Gasteiger partial charge in [0.2, 0.25) is 0 Å². The molecule has 2 nitrogen and oxygen atoms in total. The van der Waals surface area contributed by atoms with Gasteiger partial charge in [0.05, 0.1) is 6.10 Å². The first-order valence-electron chi connectivity index (χ1n) is 8.32. The van der Waals surface area contributed by atoms with Gasteiger partial charge in [0.1, 0.15) is 6.29 Å². The number of aldehydes is 1. The Balaban J connectivity index is 2.96. The molecular weight excluding hydrogens is 288 g/mol. The zero-order chi connectivity index (χ0) is 17.0. The van der Waals surface area contributed by atoms with Crippen LogP contribution in [0.1, 0.15) is 58.3 Å². The summed E-state index contributed by atoms with van der Waals surface area (Å²) in [7, 11) is -1.78. The fourth-order valence-electron chi connectivity index (χ4n) is 2.26. The third-order valence-electron chi connectivity index (χ3n) is 4.73. The lowest BCUT2D eigenvalue weighted by Gasteiger charge is -2.39. The molecule has 0 radical (unpaired) electrons. The Hall–Kier alpha value is -0.933. The zero-order valence-corrected chi connectivity index (χ0v) is 16.3. The molecule has 1 aromatic carbocycles. The molecule has 1 rings (SSSR count). The second-order valence-corrected chi connectivity index (χ2v) is 12.6. The van der Waals surface area contributed by atoms with E-state index in [1.54, 1.807) is 0 Å². The Morgan fingerprint density at radius 2 is 1.91 bits per heavy atom. The first-order valence-corrected chi connectivity index (χ1v) is 11.2. The largest absolute Gasteiger partial charge is 0.410 e. The molecule has 0 bridgehead atoms.